The largest absolute Gasteiger partial charge is 0.383 e. The van der Waals surface area contributed by atoms with Gasteiger partial charge in [-0.15, -0.1) is 0 Å². The number of halogens is 1. The van der Waals surface area contributed by atoms with Gasteiger partial charge in [-0.3, -0.25) is 0 Å². The highest BCUT2D eigenvalue weighted by molar-refractivity contribution is 7.90. The molecule has 2 aromatic rings. The SMILES string of the molecule is COC[C@@H]1CCCN1c1ncc(Cl)cc1-c1ccc(S(C)(=O)=O)cc1. The molecule has 0 bridgehead atoms. The molecule has 25 heavy (non-hydrogen) atoms. The highest BCUT2D eigenvalue weighted by Gasteiger charge is 2.27. The molecule has 0 N–H and O–H groups in total. The van der Waals surface area contributed by atoms with E-state index in [2.05, 4.69) is 9.88 Å². The summed E-state index contributed by atoms with van der Waals surface area (Å²) in [4.78, 5) is 7.11. The molecule has 0 spiro atoms. The normalized spacial score (nSPS) is 17.9. The van der Waals surface area contributed by atoms with Gasteiger partial charge in [0, 0.05) is 31.7 Å². The number of rotatable bonds is 5. The number of methoxy groups -OCH3 is 1. The smallest absolute Gasteiger partial charge is 0.175 e. The minimum Gasteiger partial charge on any atom is -0.383 e. The second kappa shape index (κ2) is 7.32. The summed E-state index contributed by atoms with van der Waals surface area (Å²) in [6.07, 6.45) is 5.00. The van der Waals surface area contributed by atoms with Crippen LogP contribution < -0.4 is 4.90 Å². The van der Waals surface area contributed by atoms with Crippen LogP contribution in [-0.4, -0.2) is 46.0 Å². The van der Waals surface area contributed by atoms with Gasteiger partial charge in [0.1, 0.15) is 5.82 Å². The maximum atomic E-state index is 11.7. The van der Waals surface area contributed by atoms with E-state index in [1.807, 2.05) is 6.07 Å². The lowest BCUT2D eigenvalue weighted by Gasteiger charge is -2.27. The van der Waals surface area contributed by atoms with Gasteiger partial charge in [-0.25, -0.2) is 13.4 Å². The number of sulfone groups is 1. The number of aromatic nitrogens is 1. The van der Waals surface area contributed by atoms with Crippen LogP contribution in [0.25, 0.3) is 11.1 Å². The van der Waals surface area contributed by atoms with Gasteiger partial charge in [0.2, 0.25) is 0 Å². The number of hydrogen-bond donors (Lipinski definition) is 0. The first-order valence-corrected chi connectivity index (χ1v) is 10.4. The first kappa shape index (κ1) is 18.2. The predicted molar refractivity (Wildman–Crippen MR) is 100 cm³/mol. The summed E-state index contributed by atoms with van der Waals surface area (Å²) in [6, 6.07) is 9.00. The fourth-order valence-electron chi connectivity index (χ4n) is 3.24. The Hall–Kier alpha value is -1.63. The van der Waals surface area contributed by atoms with Gasteiger partial charge in [-0.2, -0.15) is 0 Å². The highest BCUT2D eigenvalue weighted by Crippen LogP contribution is 2.35. The van der Waals surface area contributed by atoms with Gasteiger partial charge in [-0.05, 0) is 36.6 Å². The van der Waals surface area contributed by atoms with Crippen molar-refractivity contribution < 1.29 is 13.2 Å². The third kappa shape index (κ3) is 3.97. The quantitative estimate of drug-likeness (QED) is 0.795. The molecule has 0 saturated carbocycles. The molecule has 0 radical (unpaired) electrons. The minimum atomic E-state index is -3.22. The molecule has 7 heteroatoms. The highest BCUT2D eigenvalue weighted by atomic mass is 35.5. The van der Waals surface area contributed by atoms with Crippen LogP contribution >= 0.6 is 11.6 Å². The average Bonchev–Trinajstić information content (AvgIpc) is 3.02. The molecular formula is C18H21ClN2O3S. The van der Waals surface area contributed by atoms with Crippen LogP contribution in [0.15, 0.2) is 41.4 Å². The Kier molecular flexibility index (Phi) is 5.32. The Labute approximate surface area is 153 Å². The molecule has 1 aromatic heterocycles. The Bertz CT molecular complexity index is 853. The molecule has 1 saturated heterocycles. The molecule has 1 atom stereocenters. The summed E-state index contributed by atoms with van der Waals surface area (Å²) in [5.74, 6) is 0.857. The summed E-state index contributed by atoms with van der Waals surface area (Å²) in [7, 11) is -1.52. The molecule has 0 aliphatic carbocycles. The van der Waals surface area contributed by atoms with Crippen LogP contribution in [0, 0.1) is 0 Å². The molecule has 0 amide bonds. The van der Waals surface area contributed by atoms with Crippen molar-refractivity contribution in [3.05, 3.63) is 41.6 Å². The van der Waals surface area contributed by atoms with Crippen molar-refractivity contribution in [2.45, 2.75) is 23.8 Å². The van der Waals surface area contributed by atoms with E-state index in [4.69, 9.17) is 16.3 Å². The third-order valence-corrected chi connectivity index (χ3v) is 5.77. The predicted octanol–water partition coefficient (Wildman–Crippen LogP) is 3.42. The standard InChI is InChI=1S/C18H21ClN2O3S/c1-24-12-15-4-3-9-21(15)18-17(10-14(19)11-20-18)13-5-7-16(8-6-13)25(2,22)23/h5-8,10-11,15H,3-4,9,12H2,1-2H3/t15-/m0/s1. The minimum absolute atomic E-state index is 0.285. The molecule has 0 unspecified atom stereocenters. The number of benzene rings is 1. The van der Waals surface area contributed by atoms with Crippen molar-refractivity contribution in [2.75, 3.05) is 31.4 Å². The second-order valence-corrected chi connectivity index (χ2v) is 8.72. The van der Waals surface area contributed by atoms with Crippen LogP contribution in [0.5, 0.6) is 0 Å². The maximum absolute atomic E-state index is 11.7. The second-order valence-electron chi connectivity index (χ2n) is 6.27. The molecule has 2 heterocycles. The number of pyridine rings is 1. The fourth-order valence-corrected chi connectivity index (χ4v) is 4.02. The van der Waals surface area contributed by atoms with E-state index in [0.717, 1.165) is 36.3 Å². The Morgan fingerprint density at radius 1 is 1.32 bits per heavy atom. The van der Waals surface area contributed by atoms with E-state index < -0.39 is 9.84 Å². The van der Waals surface area contributed by atoms with Gasteiger partial charge in [0.15, 0.2) is 9.84 Å². The van der Waals surface area contributed by atoms with Crippen LogP contribution in [0.1, 0.15) is 12.8 Å². The van der Waals surface area contributed by atoms with E-state index >= 15 is 0 Å². The van der Waals surface area contributed by atoms with Crippen molar-refractivity contribution in [1.29, 1.82) is 0 Å². The number of ether oxygens (including phenoxy) is 1. The van der Waals surface area contributed by atoms with Crippen molar-refractivity contribution >= 4 is 27.3 Å². The fraction of sp³-hybridized carbons (Fsp3) is 0.389. The molecule has 1 aliphatic heterocycles. The van der Waals surface area contributed by atoms with E-state index in [-0.39, 0.29) is 6.04 Å². The van der Waals surface area contributed by atoms with Crippen LogP contribution in [-0.2, 0) is 14.6 Å². The summed E-state index contributed by atoms with van der Waals surface area (Å²) in [5, 5.41) is 0.549. The van der Waals surface area contributed by atoms with E-state index in [1.165, 1.54) is 6.26 Å². The lowest BCUT2D eigenvalue weighted by atomic mass is 10.1. The number of anilines is 1. The van der Waals surface area contributed by atoms with Crippen molar-refractivity contribution in [3.8, 4) is 11.1 Å². The van der Waals surface area contributed by atoms with Crippen molar-refractivity contribution in [2.24, 2.45) is 0 Å². The van der Waals surface area contributed by atoms with Gasteiger partial charge in [0.05, 0.1) is 22.6 Å². The summed E-state index contributed by atoms with van der Waals surface area (Å²) < 4.78 is 28.7. The molecule has 1 aliphatic rings. The van der Waals surface area contributed by atoms with Crippen molar-refractivity contribution in [3.63, 3.8) is 0 Å². The topological polar surface area (TPSA) is 59.5 Å². The zero-order valence-corrected chi connectivity index (χ0v) is 15.8. The lowest BCUT2D eigenvalue weighted by molar-refractivity contribution is 0.180. The van der Waals surface area contributed by atoms with Crippen LogP contribution in [0.4, 0.5) is 5.82 Å². The summed E-state index contributed by atoms with van der Waals surface area (Å²) in [6.45, 7) is 1.56. The average molecular weight is 381 g/mol. The number of hydrogen-bond acceptors (Lipinski definition) is 5. The van der Waals surface area contributed by atoms with Crippen molar-refractivity contribution in [1.82, 2.24) is 4.98 Å². The van der Waals surface area contributed by atoms with Crippen LogP contribution in [0.2, 0.25) is 5.02 Å². The van der Waals surface area contributed by atoms with Gasteiger partial charge >= 0.3 is 0 Å². The zero-order valence-electron chi connectivity index (χ0n) is 14.3. The van der Waals surface area contributed by atoms with Gasteiger partial charge < -0.3 is 9.64 Å². The van der Waals surface area contributed by atoms with E-state index in [9.17, 15) is 8.42 Å². The van der Waals surface area contributed by atoms with Gasteiger partial charge in [-0.1, -0.05) is 23.7 Å². The maximum Gasteiger partial charge on any atom is 0.175 e. The first-order chi connectivity index (χ1) is 11.9. The molecule has 3 rings (SSSR count). The van der Waals surface area contributed by atoms with Crippen LogP contribution in [0.3, 0.4) is 0 Å². The van der Waals surface area contributed by atoms with Gasteiger partial charge in [0.25, 0.3) is 0 Å². The molecule has 5 nitrogen and oxygen atoms in total. The molecule has 1 aromatic carbocycles. The Morgan fingerprint density at radius 3 is 2.68 bits per heavy atom. The Morgan fingerprint density at radius 2 is 2.04 bits per heavy atom. The monoisotopic (exact) mass is 380 g/mol. The molecule has 1 fully saturated rings. The zero-order chi connectivity index (χ0) is 18.0. The third-order valence-electron chi connectivity index (χ3n) is 4.44. The first-order valence-electron chi connectivity index (χ1n) is 8.12. The summed E-state index contributed by atoms with van der Waals surface area (Å²) in [5.41, 5.74) is 1.79. The van der Waals surface area contributed by atoms with E-state index in [0.29, 0.717) is 16.5 Å². The van der Waals surface area contributed by atoms with E-state index in [1.54, 1.807) is 37.6 Å². The lowest BCUT2D eigenvalue weighted by Crippen LogP contribution is -2.33. The number of nitrogens with zero attached hydrogens (tertiary/aromatic N) is 2. The molecular weight excluding hydrogens is 360 g/mol. The summed E-state index contributed by atoms with van der Waals surface area (Å²) >= 11 is 6.17. The Balaban J connectivity index is 2.03. The molecule has 134 valence electrons.